The van der Waals surface area contributed by atoms with Crippen LogP contribution in [0.5, 0.6) is 0 Å². The van der Waals surface area contributed by atoms with Gasteiger partial charge in [-0.05, 0) is 62.1 Å². The minimum atomic E-state index is 1.01. The van der Waals surface area contributed by atoms with Crippen LogP contribution in [0.15, 0.2) is 30.3 Å². The van der Waals surface area contributed by atoms with Gasteiger partial charge in [-0.25, -0.2) is 0 Å². The Balaban J connectivity index is 1.41. The van der Waals surface area contributed by atoms with Gasteiger partial charge in [-0.15, -0.1) is 0 Å². The molecule has 1 aromatic rings. The van der Waals surface area contributed by atoms with Crippen molar-refractivity contribution in [2.75, 3.05) is 13.1 Å². The van der Waals surface area contributed by atoms with E-state index in [2.05, 4.69) is 35.6 Å². The lowest BCUT2D eigenvalue weighted by atomic mass is 9.97. The summed E-state index contributed by atoms with van der Waals surface area (Å²) in [5, 5.41) is 3.53. The highest BCUT2D eigenvalue weighted by molar-refractivity contribution is 5.14. The Hall–Kier alpha value is -0.820. The topological polar surface area (TPSA) is 12.0 Å². The lowest BCUT2D eigenvalue weighted by molar-refractivity contribution is 0.445. The molecule has 1 aliphatic heterocycles. The molecule has 0 spiro atoms. The van der Waals surface area contributed by atoms with E-state index in [0.717, 1.165) is 17.8 Å². The van der Waals surface area contributed by atoms with Gasteiger partial charge in [-0.2, -0.15) is 0 Å². The molecule has 0 aromatic heterocycles. The third kappa shape index (κ3) is 2.71. The smallest absolute Gasteiger partial charge is 0.00172 e. The molecule has 1 saturated heterocycles. The molecule has 92 valence electrons. The van der Waals surface area contributed by atoms with E-state index in [4.69, 9.17) is 0 Å². The standard InChI is InChI=1S/C16H23N/c1-2-5-13(6-3-1)7-4-8-14-9-15-11-17-12-16(15)10-14/h1-3,5-6,14-17H,4,7-12H2/t14?,15-,16+. The van der Waals surface area contributed by atoms with Gasteiger partial charge >= 0.3 is 0 Å². The molecule has 1 aliphatic carbocycles. The highest BCUT2D eigenvalue weighted by Crippen LogP contribution is 2.40. The van der Waals surface area contributed by atoms with Crippen LogP contribution < -0.4 is 5.32 Å². The predicted octanol–water partition coefficient (Wildman–Crippen LogP) is 3.25. The van der Waals surface area contributed by atoms with Crippen molar-refractivity contribution in [3.8, 4) is 0 Å². The molecule has 3 rings (SSSR count). The largest absolute Gasteiger partial charge is 0.316 e. The molecule has 0 bridgehead atoms. The van der Waals surface area contributed by atoms with Gasteiger partial charge in [0, 0.05) is 0 Å². The fourth-order valence-electron chi connectivity index (χ4n) is 3.77. The van der Waals surface area contributed by atoms with Crippen LogP contribution in [0.3, 0.4) is 0 Å². The first kappa shape index (κ1) is 11.3. The quantitative estimate of drug-likeness (QED) is 0.835. The van der Waals surface area contributed by atoms with Crippen molar-refractivity contribution in [2.24, 2.45) is 17.8 Å². The first-order valence-corrected chi connectivity index (χ1v) is 7.16. The summed E-state index contributed by atoms with van der Waals surface area (Å²) in [5.41, 5.74) is 1.51. The fraction of sp³-hybridized carbons (Fsp3) is 0.625. The van der Waals surface area contributed by atoms with Crippen molar-refractivity contribution >= 4 is 0 Å². The monoisotopic (exact) mass is 229 g/mol. The molecule has 0 amide bonds. The molecule has 17 heavy (non-hydrogen) atoms. The van der Waals surface area contributed by atoms with Crippen LogP contribution in [0.2, 0.25) is 0 Å². The second-order valence-electron chi connectivity index (χ2n) is 5.89. The molecule has 1 nitrogen and oxygen atoms in total. The molecule has 1 aromatic carbocycles. The Morgan fingerprint density at radius 1 is 1.00 bits per heavy atom. The van der Waals surface area contributed by atoms with Gasteiger partial charge in [0.25, 0.3) is 0 Å². The molecule has 1 saturated carbocycles. The summed E-state index contributed by atoms with van der Waals surface area (Å²) in [5.74, 6) is 3.05. The zero-order valence-electron chi connectivity index (χ0n) is 10.6. The van der Waals surface area contributed by atoms with Gasteiger partial charge in [0.15, 0.2) is 0 Å². The first-order chi connectivity index (χ1) is 8.42. The highest BCUT2D eigenvalue weighted by Gasteiger charge is 2.36. The van der Waals surface area contributed by atoms with Crippen LogP contribution in [-0.4, -0.2) is 13.1 Å². The van der Waals surface area contributed by atoms with E-state index in [0.29, 0.717) is 0 Å². The Morgan fingerprint density at radius 2 is 1.71 bits per heavy atom. The Morgan fingerprint density at radius 3 is 2.41 bits per heavy atom. The first-order valence-electron chi connectivity index (χ1n) is 7.16. The molecule has 2 aliphatic rings. The molecule has 1 N–H and O–H groups in total. The van der Waals surface area contributed by atoms with Gasteiger partial charge in [0.05, 0.1) is 0 Å². The maximum Gasteiger partial charge on any atom is -0.00172 e. The third-order valence-electron chi connectivity index (χ3n) is 4.67. The minimum Gasteiger partial charge on any atom is -0.316 e. The summed E-state index contributed by atoms with van der Waals surface area (Å²) < 4.78 is 0. The lowest BCUT2D eigenvalue weighted by Crippen LogP contribution is -2.12. The SMILES string of the molecule is c1ccc(CCCC2C[C@H]3CNC[C@H]3C2)cc1. The van der Waals surface area contributed by atoms with Crippen LogP contribution >= 0.6 is 0 Å². The average Bonchev–Trinajstić information content (AvgIpc) is 2.91. The summed E-state index contributed by atoms with van der Waals surface area (Å²) in [6.45, 7) is 2.58. The summed E-state index contributed by atoms with van der Waals surface area (Å²) in [4.78, 5) is 0. The predicted molar refractivity (Wildman–Crippen MR) is 72.0 cm³/mol. The fourth-order valence-corrected chi connectivity index (χ4v) is 3.77. The summed E-state index contributed by atoms with van der Waals surface area (Å²) >= 11 is 0. The van der Waals surface area contributed by atoms with Crippen molar-refractivity contribution in [1.29, 1.82) is 0 Å². The summed E-state index contributed by atoms with van der Waals surface area (Å²) in [6, 6.07) is 10.9. The molecule has 3 atom stereocenters. The van der Waals surface area contributed by atoms with Crippen LogP contribution in [0, 0.1) is 17.8 Å². The number of hydrogen-bond donors (Lipinski definition) is 1. The number of hydrogen-bond acceptors (Lipinski definition) is 1. The normalized spacial score (nSPS) is 31.6. The van der Waals surface area contributed by atoms with Crippen molar-refractivity contribution in [3.63, 3.8) is 0 Å². The van der Waals surface area contributed by atoms with Crippen LogP contribution in [0.1, 0.15) is 31.2 Å². The zero-order chi connectivity index (χ0) is 11.5. The van der Waals surface area contributed by atoms with Crippen molar-refractivity contribution < 1.29 is 0 Å². The van der Waals surface area contributed by atoms with Crippen LogP contribution in [-0.2, 0) is 6.42 Å². The second kappa shape index (κ2) is 5.22. The Kier molecular flexibility index (Phi) is 3.46. The molecular formula is C16H23N. The molecule has 2 fully saturated rings. The second-order valence-corrected chi connectivity index (χ2v) is 5.89. The van der Waals surface area contributed by atoms with Gasteiger partial charge in [0.1, 0.15) is 0 Å². The molecule has 0 radical (unpaired) electrons. The van der Waals surface area contributed by atoms with Crippen molar-refractivity contribution in [3.05, 3.63) is 35.9 Å². The average molecular weight is 229 g/mol. The van der Waals surface area contributed by atoms with E-state index >= 15 is 0 Å². The number of rotatable bonds is 4. The third-order valence-corrected chi connectivity index (χ3v) is 4.67. The van der Waals surface area contributed by atoms with E-state index in [1.54, 1.807) is 0 Å². The Labute approximate surface area is 105 Å². The van der Waals surface area contributed by atoms with E-state index in [1.807, 2.05) is 0 Å². The van der Waals surface area contributed by atoms with Gasteiger partial charge < -0.3 is 5.32 Å². The van der Waals surface area contributed by atoms with Gasteiger partial charge in [-0.1, -0.05) is 36.8 Å². The molecule has 1 heterocycles. The van der Waals surface area contributed by atoms with E-state index in [1.165, 1.54) is 50.8 Å². The number of fused-ring (bicyclic) bond motifs is 1. The van der Waals surface area contributed by atoms with Crippen LogP contribution in [0.25, 0.3) is 0 Å². The van der Waals surface area contributed by atoms with E-state index in [-0.39, 0.29) is 0 Å². The molecule has 1 heteroatoms. The number of aryl methyl sites for hydroxylation is 1. The maximum atomic E-state index is 3.53. The summed E-state index contributed by atoms with van der Waals surface area (Å²) in [7, 11) is 0. The van der Waals surface area contributed by atoms with Crippen molar-refractivity contribution in [2.45, 2.75) is 32.1 Å². The number of benzene rings is 1. The van der Waals surface area contributed by atoms with E-state index < -0.39 is 0 Å². The lowest BCUT2D eigenvalue weighted by Gasteiger charge is -2.10. The van der Waals surface area contributed by atoms with E-state index in [9.17, 15) is 0 Å². The van der Waals surface area contributed by atoms with Crippen LogP contribution in [0.4, 0.5) is 0 Å². The maximum absolute atomic E-state index is 3.53. The van der Waals surface area contributed by atoms with Crippen molar-refractivity contribution in [1.82, 2.24) is 5.32 Å². The van der Waals surface area contributed by atoms with Gasteiger partial charge in [-0.3, -0.25) is 0 Å². The number of nitrogens with one attached hydrogen (secondary N) is 1. The zero-order valence-corrected chi connectivity index (χ0v) is 10.6. The molecular weight excluding hydrogens is 206 g/mol. The highest BCUT2D eigenvalue weighted by atomic mass is 14.9. The summed E-state index contributed by atoms with van der Waals surface area (Å²) in [6.07, 6.45) is 7.08. The minimum absolute atomic E-state index is 1.01. The Bertz CT molecular complexity index is 334. The van der Waals surface area contributed by atoms with Gasteiger partial charge in [0.2, 0.25) is 0 Å². The molecule has 1 unspecified atom stereocenters.